The molecule has 10 nitrogen and oxygen atoms in total. The first-order chi connectivity index (χ1) is 23.5. The largest absolute Gasteiger partial charge is 0.497 e. The highest BCUT2D eigenvalue weighted by Gasteiger charge is 2.29. The number of esters is 1. The number of methoxy groups -OCH3 is 3. The standard InChI is InChI=1S/C35H30F3N3O7S/c1-45-25-7-8-28(31(17-25)46-2)19-11-29(38)33-30(12-19)39-18-32(49(43,44)41-23-5-4-6-23)34(33)40-24-9-20(35(42)47-3)10-26(16-24)48-27-14-21(36)13-22(37)15-27/h7-18,23,41H,4-6H2,1-3H3,(H,39,40). The molecule has 1 heterocycles. The van der Waals surface area contributed by atoms with E-state index in [1.807, 2.05) is 0 Å². The molecular formula is C35H30F3N3O7S. The highest BCUT2D eigenvalue weighted by molar-refractivity contribution is 7.89. The maximum absolute atomic E-state index is 16.4. The Balaban J connectivity index is 1.51. The van der Waals surface area contributed by atoms with Gasteiger partial charge in [-0.15, -0.1) is 0 Å². The normalized spacial score (nSPS) is 13.1. The van der Waals surface area contributed by atoms with Gasteiger partial charge in [0.1, 0.15) is 45.3 Å². The van der Waals surface area contributed by atoms with Crippen molar-refractivity contribution in [2.75, 3.05) is 26.6 Å². The first-order valence-corrected chi connectivity index (χ1v) is 16.5. The molecule has 1 aromatic heterocycles. The summed E-state index contributed by atoms with van der Waals surface area (Å²) in [6.07, 6.45) is 3.27. The average molecular weight is 694 g/mol. The van der Waals surface area contributed by atoms with Crippen LogP contribution < -0.4 is 24.2 Å². The van der Waals surface area contributed by atoms with Crippen LogP contribution in [-0.2, 0) is 14.8 Å². The van der Waals surface area contributed by atoms with E-state index in [1.165, 1.54) is 38.5 Å². The van der Waals surface area contributed by atoms with Crippen molar-refractivity contribution in [3.63, 3.8) is 0 Å². The first-order valence-electron chi connectivity index (χ1n) is 15.0. The summed E-state index contributed by atoms with van der Waals surface area (Å²) in [6, 6.07) is 14.1. The molecule has 1 aliphatic rings. The Kier molecular flexibility index (Phi) is 9.35. The van der Waals surface area contributed by atoms with Gasteiger partial charge < -0.3 is 24.3 Å². The van der Waals surface area contributed by atoms with Gasteiger partial charge in [-0.3, -0.25) is 4.98 Å². The molecule has 254 valence electrons. The summed E-state index contributed by atoms with van der Waals surface area (Å²) in [4.78, 5) is 16.6. The van der Waals surface area contributed by atoms with Crippen LogP contribution >= 0.6 is 0 Å². The summed E-state index contributed by atoms with van der Waals surface area (Å²) in [6.45, 7) is 0. The van der Waals surface area contributed by atoms with Gasteiger partial charge in [-0.05, 0) is 54.8 Å². The molecule has 1 aliphatic carbocycles. The smallest absolute Gasteiger partial charge is 0.338 e. The van der Waals surface area contributed by atoms with Crippen molar-refractivity contribution < 1.29 is 45.3 Å². The Labute approximate surface area is 279 Å². The summed E-state index contributed by atoms with van der Waals surface area (Å²) >= 11 is 0. The molecule has 49 heavy (non-hydrogen) atoms. The lowest BCUT2D eigenvalue weighted by Gasteiger charge is -2.27. The van der Waals surface area contributed by atoms with Crippen molar-refractivity contribution in [1.29, 1.82) is 0 Å². The summed E-state index contributed by atoms with van der Waals surface area (Å²) in [7, 11) is -0.115. The van der Waals surface area contributed by atoms with Crippen molar-refractivity contribution >= 4 is 38.3 Å². The number of pyridine rings is 1. The van der Waals surface area contributed by atoms with E-state index < -0.39 is 33.4 Å². The number of benzene rings is 4. The SMILES string of the molecule is COC(=O)c1cc(Nc2c(S(=O)(=O)NC3CCC3)cnc3cc(-c4ccc(OC)cc4OC)cc(F)c23)cc(Oc2cc(F)cc(F)c2)c1. The zero-order valence-electron chi connectivity index (χ0n) is 26.5. The third kappa shape index (κ3) is 7.10. The molecule has 0 unspecified atom stereocenters. The lowest BCUT2D eigenvalue weighted by atomic mass is 9.94. The van der Waals surface area contributed by atoms with E-state index in [2.05, 4.69) is 15.0 Å². The molecule has 1 saturated carbocycles. The predicted molar refractivity (Wildman–Crippen MR) is 176 cm³/mol. The number of sulfonamides is 1. The van der Waals surface area contributed by atoms with E-state index in [1.54, 1.807) is 24.3 Å². The zero-order chi connectivity index (χ0) is 34.9. The van der Waals surface area contributed by atoms with Gasteiger partial charge in [0, 0.05) is 53.8 Å². The molecule has 0 saturated heterocycles. The number of rotatable bonds is 11. The molecule has 2 N–H and O–H groups in total. The van der Waals surface area contributed by atoms with Crippen molar-refractivity contribution in [3.05, 3.63) is 95.9 Å². The molecule has 0 radical (unpaired) electrons. The number of ether oxygens (including phenoxy) is 4. The van der Waals surface area contributed by atoms with Crippen LogP contribution in [0.2, 0.25) is 0 Å². The molecular weight excluding hydrogens is 663 g/mol. The molecule has 0 atom stereocenters. The summed E-state index contributed by atoms with van der Waals surface area (Å²) in [5.41, 5.74) is 0.884. The van der Waals surface area contributed by atoms with Crippen LogP contribution in [0.1, 0.15) is 29.6 Å². The fraction of sp³-hybridized carbons (Fsp3) is 0.200. The Morgan fingerprint density at radius 2 is 1.59 bits per heavy atom. The van der Waals surface area contributed by atoms with Crippen LogP contribution in [0.15, 0.2) is 77.8 Å². The number of hydrogen-bond acceptors (Lipinski definition) is 9. The number of nitrogens with one attached hydrogen (secondary N) is 2. The van der Waals surface area contributed by atoms with E-state index in [-0.39, 0.29) is 50.3 Å². The third-order valence-corrected chi connectivity index (χ3v) is 9.52. The van der Waals surface area contributed by atoms with E-state index >= 15 is 4.39 Å². The Hall–Kier alpha value is -5.34. The summed E-state index contributed by atoms with van der Waals surface area (Å²) in [5, 5.41) is 2.80. The number of carbonyl (C=O) groups excluding carboxylic acids is 1. The van der Waals surface area contributed by atoms with Crippen molar-refractivity contribution in [2.45, 2.75) is 30.2 Å². The van der Waals surface area contributed by atoms with E-state index in [0.717, 1.165) is 31.9 Å². The molecule has 6 rings (SSSR count). The lowest BCUT2D eigenvalue weighted by molar-refractivity contribution is 0.0600. The molecule has 1 fully saturated rings. The van der Waals surface area contributed by atoms with Gasteiger partial charge in [0.05, 0.1) is 43.5 Å². The quantitative estimate of drug-likeness (QED) is 0.135. The molecule has 0 amide bonds. The topological polar surface area (TPSA) is 125 Å². The lowest BCUT2D eigenvalue weighted by Crippen LogP contribution is -2.39. The Morgan fingerprint density at radius 1 is 0.857 bits per heavy atom. The number of nitrogens with zero attached hydrogens (tertiary/aromatic N) is 1. The molecule has 4 aromatic carbocycles. The second-order valence-corrected chi connectivity index (χ2v) is 12.9. The third-order valence-electron chi connectivity index (χ3n) is 7.99. The van der Waals surface area contributed by atoms with Crippen LogP contribution in [0.5, 0.6) is 23.0 Å². The number of halogens is 3. The van der Waals surface area contributed by atoms with Gasteiger partial charge in [-0.1, -0.05) is 6.42 Å². The first kappa shape index (κ1) is 33.6. The summed E-state index contributed by atoms with van der Waals surface area (Å²) in [5.74, 6) is -2.71. The number of anilines is 2. The van der Waals surface area contributed by atoms with Crippen molar-refractivity contribution in [2.24, 2.45) is 0 Å². The van der Waals surface area contributed by atoms with E-state index in [0.29, 0.717) is 41.5 Å². The van der Waals surface area contributed by atoms with Gasteiger partial charge in [0.2, 0.25) is 10.0 Å². The Morgan fingerprint density at radius 3 is 2.24 bits per heavy atom. The predicted octanol–water partition coefficient (Wildman–Crippen LogP) is 7.49. The van der Waals surface area contributed by atoms with Crippen molar-refractivity contribution in [3.8, 4) is 34.1 Å². The number of hydrogen-bond donors (Lipinski definition) is 2. The minimum atomic E-state index is -4.24. The van der Waals surface area contributed by atoms with Crippen molar-refractivity contribution in [1.82, 2.24) is 9.71 Å². The Bertz CT molecular complexity index is 2170. The maximum Gasteiger partial charge on any atom is 0.338 e. The highest BCUT2D eigenvalue weighted by atomic mass is 32.2. The zero-order valence-corrected chi connectivity index (χ0v) is 27.3. The van der Waals surface area contributed by atoms with E-state index in [9.17, 15) is 22.0 Å². The summed E-state index contributed by atoms with van der Waals surface area (Å²) < 4.78 is 95.6. The second-order valence-electron chi connectivity index (χ2n) is 11.2. The molecule has 5 aromatic rings. The number of aromatic nitrogens is 1. The van der Waals surface area contributed by atoms with Crippen LogP contribution in [0.3, 0.4) is 0 Å². The fourth-order valence-electron chi connectivity index (χ4n) is 5.42. The van der Waals surface area contributed by atoms with Crippen LogP contribution in [0.25, 0.3) is 22.0 Å². The second kappa shape index (κ2) is 13.6. The minimum absolute atomic E-state index is 0.0518. The molecule has 14 heteroatoms. The van der Waals surface area contributed by atoms with Gasteiger partial charge in [0.25, 0.3) is 0 Å². The maximum atomic E-state index is 16.4. The van der Waals surface area contributed by atoms with Gasteiger partial charge in [-0.25, -0.2) is 31.1 Å². The molecule has 0 spiro atoms. The van der Waals surface area contributed by atoms with Gasteiger partial charge >= 0.3 is 5.97 Å². The highest BCUT2D eigenvalue weighted by Crippen LogP contribution is 2.40. The van der Waals surface area contributed by atoms with Gasteiger partial charge in [-0.2, -0.15) is 0 Å². The molecule has 0 aliphatic heterocycles. The average Bonchev–Trinajstić information content (AvgIpc) is 3.05. The minimum Gasteiger partial charge on any atom is -0.497 e. The van der Waals surface area contributed by atoms with E-state index in [4.69, 9.17) is 18.9 Å². The fourth-order valence-corrected chi connectivity index (χ4v) is 6.84. The monoisotopic (exact) mass is 693 g/mol. The van der Waals surface area contributed by atoms with Crippen LogP contribution in [0.4, 0.5) is 24.5 Å². The molecule has 0 bridgehead atoms. The number of fused-ring (bicyclic) bond motifs is 1. The van der Waals surface area contributed by atoms with Crippen LogP contribution in [-0.4, -0.2) is 46.7 Å². The van der Waals surface area contributed by atoms with Gasteiger partial charge in [0.15, 0.2) is 0 Å². The number of carbonyl (C=O) groups is 1. The van der Waals surface area contributed by atoms with Crippen LogP contribution in [0, 0.1) is 17.5 Å².